The minimum Gasteiger partial charge on any atom is -0.305 e. The molecule has 2 nitrogen and oxygen atoms in total. The third-order valence-electron chi connectivity index (χ3n) is 5.58. The Kier molecular flexibility index (Phi) is 3.14. The molecule has 4 bridgehead atoms. The highest BCUT2D eigenvalue weighted by atomic mass is 15.1. The first-order valence-corrected chi connectivity index (χ1v) is 7.67. The molecule has 4 fully saturated rings. The summed E-state index contributed by atoms with van der Waals surface area (Å²) in [7, 11) is 2.21. The summed E-state index contributed by atoms with van der Waals surface area (Å²) in [5, 5.41) is 8.94. The van der Waals surface area contributed by atoms with Crippen molar-refractivity contribution in [2.75, 3.05) is 20.1 Å². The lowest BCUT2D eigenvalue weighted by molar-refractivity contribution is -0.0667. The molecule has 0 aliphatic heterocycles. The molecular weight excluding hydrogens is 220 g/mol. The van der Waals surface area contributed by atoms with Crippen LogP contribution in [-0.4, -0.2) is 25.0 Å². The average Bonchev–Trinajstić information content (AvgIpc) is 2.25. The van der Waals surface area contributed by atoms with Crippen molar-refractivity contribution in [3.05, 3.63) is 0 Å². The van der Waals surface area contributed by atoms with E-state index < -0.39 is 0 Å². The van der Waals surface area contributed by atoms with E-state index in [1.165, 1.54) is 45.1 Å². The highest BCUT2D eigenvalue weighted by Gasteiger charge is 2.50. The van der Waals surface area contributed by atoms with Crippen LogP contribution < -0.4 is 0 Å². The quantitative estimate of drug-likeness (QED) is 0.761. The Balaban J connectivity index is 1.63. The predicted octanol–water partition coefficient (Wildman–Crippen LogP) is 3.29. The zero-order chi connectivity index (χ0) is 12.8. The maximum atomic E-state index is 8.94. The lowest BCUT2D eigenvalue weighted by atomic mass is 9.49. The van der Waals surface area contributed by atoms with E-state index in [1.54, 1.807) is 0 Å². The summed E-state index contributed by atoms with van der Waals surface area (Å²) in [6, 6.07) is 2.36. The Bertz CT molecular complexity index is 319. The van der Waals surface area contributed by atoms with Crippen LogP contribution in [0.2, 0.25) is 0 Å². The molecule has 1 atom stereocenters. The van der Waals surface area contributed by atoms with E-state index >= 15 is 0 Å². The van der Waals surface area contributed by atoms with E-state index in [2.05, 4.69) is 18.0 Å². The van der Waals surface area contributed by atoms with Crippen LogP contribution in [0, 0.1) is 40.4 Å². The van der Waals surface area contributed by atoms with Gasteiger partial charge in [0, 0.05) is 13.1 Å². The number of rotatable bonds is 4. The summed E-state index contributed by atoms with van der Waals surface area (Å²) in [5.74, 6) is 3.29. The van der Waals surface area contributed by atoms with Crippen molar-refractivity contribution in [1.82, 2.24) is 4.90 Å². The number of nitriles is 1. The third kappa shape index (κ3) is 2.30. The first kappa shape index (κ1) is 12.5. The van der Waals surface area contributed by atoms with Crippen LogP contribution in [0.15, 0.2) is 0 Å². The summed E-state index contributed by atoms with van der Waals surface area (Å²) >= 11 is 0. The van der Waals surface area contributed by atoms with Gasteiger partial charge in [-0.25, -0.2) is 0 Å². The summed E-state index contributed by atoms with van der Waals surface area (Å²) in [4.78, 5) is 2.43. The fourth-order valence-corrected chi connectivity index (χ4v) is 5.63. The Morgan fingerprint density at radius 2 is 1.67 bits per heavy atom. The minimum absolute atomic E-state index is 0.170. The second-order valence-electron chi connectivity index (χ2n) is 7.64. The molecule has 18 heavy (non-hydrogen) atoms. The van der Waals surface area contributed by atoms with Crippen LogP contribution in [0.3, 0.4) is 0 Å². The van der Waals surface area contributed by atoms with Gasteiger partial charge >= 0.3 is 0 Å². The topological polar surface area (TPSA) is 27.0 Å². The molecule has 0 aromatic rings. The molecule has 4 aliphatic carbocycles. The van der Waals surface area contributed by atoms with Gasteiger partial charge in [0.05, 0.1) is 12.0 Å². The molecule has 4 rings (SSSR count). The van der Waals surface area contributed by atoms with E-state index in [0.717, 1.165) is 24.3 Å². The maximum Gasteiger partial charge on any atom is 0.0666 e. The first-order chi connectivity index (χ1) is 8.58. The SMILES string of the molecule is CC(C#N)CN(C)CC12CC3CC(CC(C3)C1)C2. The number of nitrogens with zero attached hydrogens (tertiary/aromatic N) is 2. The molecule has 4 aliphatic rings. The van der Waals surface area contributed by atoms with Gasteiger partial charge in [0.25, 0.3) is 0 Å². The van der Waals surface area contributed by atoms with Crippen molar-refractivity contribution in [1.29, 1.82) is 5.26 Å². The molecule has 0 N–H and O–H groups in total. The van der Waals surface area contributed by atoms with Gasteiger partial charge in [-0.15, -0.1) is 0 Å². The molecule has 0 aromatic heterocycles. The Morgan fingerprint density at radius 3 is 2.11 bits per heavy atom. The molecule has 2 heteroatoms. The summed E-state index contributed by atoms with van der Waals surface area (Å²) in [6.07, 6.45) is 9.01. The van der Waals surface area contributed by atoms with E-state index in [-0.39, 0.29) is 5.92 Å². The van der Waals surface area contributed by atoms with Crippen molar-refractivity contribution < 1.29 is 0 Å². The van der Waals surface area contributed by atoms with E-state index in [1.807, 2.05) is 6.92 Å². The lowest BCUT2D eigenvalue weighted by Crippen LogP contribution is -2.51. The maximum absolute atomic E-state index is 8.94. The van der Waals surface area contributed by atoms with Crippen LogP contribution in [0.25, 0.3) is 0 Å². The smallest absolute Gasteiger partial charge is 0.0666 e. The number of hydrogen-bond acceptors (Lipinski definition) is 2. The first-order valence-electron chi connectivity index (χ1n) is 7.67. The monoisotopic (exact) mass is 246 g/mol. The third-order valence-corrected chi connectivity index (χ3v) is 5.58. The predicted molar refractivity (Wildman–Crippen MR) is 72.9 cm³/mol. The van der Waals surface area contributed by atoms with Crippen LogP contribution in [-0.2, 0) is 0 Å². The van der Waals surface area contributed by atoms with Gasteiger partial charge < -0.3 is 4.90 Å². The van der Waals surface area contributed by atoms with E-state index in [9.17, 15) is 0 Å². The largest absolute Gasteiger partial charge is 0.305 e. The van der Waals surface area contributed by atoms with Crippen molar-refractivity contribution in [3.8, 4) is 6.07 Å². The summed E-state index contributed by atoms with van der Waals surface area (Å²) < 4.78 is 0. The highest BCUT2D eigenvalue weighted by molar-refractivity contribution is 5.02. The van der Waals surface area contributed by atoms with Crippen LogP contribution in [0.1, 0.15) is 45.4 Å². The van der Waals surface area contributed by atoms with Gasteiger partial charge in [-0.2, -0.15) is 5.26 Å². The highest BCUT2D eigenvalue weighted by Crippen LogP contribution is 2.60. The molecule has 0 amide bonds. The zero-order valence-corrected chi connectivity index (χ0v) is 11.9. The Hall–Kier alpha value is -0.550. The molecular formula is C16H26N2. The van der Waals surface area contributed by atoms with Crippen LogP contribution >= 0.6 is 0 Å². The summed E-state index contributed by atoms with van der Waals surface area (Å²) in [6.45, 7) is 4.22. The molecule has 0 heterocycles. The number of hydrogen-bond donors (Lipinski definition) is 0. The molecule has 4 saturated carbocycles. The fraction of sp³-hybridized carbons (Fsp3) is 0.938. The van der Waals surface area contributed by atoms with Gasteiger partial charge in [-0.1, -0.05) is 0 Å². The minimum atomic E-state index is 0.170. The Morgan fingerprint density at radius 1 is 1.17 bits per heavy atom. The van der Waals surface area contributed by atoms with Crippen LogP contribution in [0.4, 0.5) is 0 Å². The average molecular weight is 246 g/mol. The summed E-state index contributed by atoms with van der Waals surface area (Å²) in [5.41, 5.74) is 0.624. The van der Waals surface area contributed by atoms with Gasteiger partial charge in [0.1, 0.15) is 0 Å². The van der Waals surface area contributed by atoms with Crippen molar-refractivity contribution in [2.45, 2.75) is 45.4 Å². The van der Waals surface area contributed by atoms with Gasteiger partial charge in [-0.3, -0.25) is 0 Å². The second-order valence-corrected chi connectivity index (χ2v) is 7.64. The van der Waals surface area contributed by atoms with E-state index in [4.69, 9.17) is 5.26 Å². The second kappa shape index (κ2) is 4.53. The zero-order valence-electron chi connectivity index (χ0n) is 11.9. The molecule has 0 radical (unpaired) electrons. The van der Waals surface area contributed by atoms with Gasteiger partial charge in [-0.05, 0) is 75.7 Å². The molecule has 1 unspecified atom stereocenters. The Labute approximate surface area is 111 Å². The fourth-order valence-electron chi connectivity index (χ4n) is 5.63. The normalized spacial score (nSPS) is 43.1. The lowest BCUT2D eigenvalue weighted by Gasteiger charge is -2.57. The molecule has 100 valence electrons. The van der Waals surface area contributed by atoms with Crippen LogP contribution in [0.5, 0.6) is 0 Å². The molecule has 0 spiro atoms. The van der Waals surface area contributed by atoms with Crippen molar-refractivity contribution in [2.24, 2.45) is 29.1 Å². The van der Waals surface area contributed by atoms with Gasteiger partial charge in [0.2, 0.25) is 0 Å². The standard InChI is InChI=1S/C16H26N2/c1-12(9-17)10-18(2)11-16-6-13-3-14(7-16)5-15(4-13)8-16/h12-15H,3-8,10-11H2,1-2H3. The molecule has 0 aromatic carbocycles. The molecule has 0 saturated heterocycles. The van der Waals surface area contributed by atoms with Crippen molar-refractivity contribution in [3.63, 3.8) is 0 Å². The van der Waals surface area contributed by atoms with E-state index in [0.29, 0.717) is 5.41 Å². The van der Waals surface area contributed by atoms with Crippen molar-refractivity contribution >= 4 is 0 Å². The van der Waals surface area contributed by atoms with Gasteiger partial charge in [0.15, 0.2) is 0 Å².